The molecule has 1 aliphatic carbocycles. The van der Waals surface area contributed by atoms with Gasteiger partial charge in [-0.2, -0.15) is 9.97 Å². The summed E-state index contributed by atoms with van der Waals surface area (Å²) in [6.07, 6.45) is -0.791. The molecule has 0 amide bonds. The summed E-state index contributed by atoms with van der Waals surface area (Å²) in [6, 6.07) is 9.52. The number of hydrogen-bond donors (Lipinski definition) is 5. The molecule has 1 fully saturated rings. The predicted molar refractivity (Wildman–Crippen MR) is 100 cm³/mol. The number of aromatic nitrogens is 4. The maximum atomic E-state index is 10.2. The molecule has 2 heterocycles. The second-order valence-electron chi connectivity index (χ2n) is 6.77. The van der Waals surface area contributed by atoms with Crippen LogP contribution in [0.3, 0.4) is 0 Å². The molecule has 0 bridgehead atoms. The van der Waals surface area contributed by atoms with Crippen LogP contribution in [-0.2, 0) is 6.42 Å². The molecule has 0 unspecified atom stereocenters. The highest BCUT2D eigenvalue weighted by molar-refractivity contribution is 5.83. The molecule has 6 N–H and O–H groups in total. The molecule has 0 aliphatic heterocycles. The Bertz CT molecular complexity index is 931. The number of aliphatic hydroxyl groups is 3. The molecule has 1 saturated carbocycles. The summed E-state index contributed by atoms with van der Waals surface area (Å²) >= 11 is 0. The van der Waals surface area contributed by atoms with Gasteiger partial charge in [0, 0.05) is 6.54 Å². The Morgan fingerprint density at radius 1 is 1.11 bits per heavy atom. The van der Waals surface area contributed by atoms with Crippen LogP contribution in [0, 0.1) is 0 Å². The second-order valence-corrected chi connectivity index (χ2v) is 6.77. The van der Waals surface area contributed by atoms with E-state index in [1.807, 2.05) is 30.3 Å². The molecule has 3 aromatic rings. The highest BCUT2D eigenvalue weighted by atomic mass is 16.4. The van der Waals surface area contributed by atoms with Crippen LogP contribution in [0.1, 0.15) is 18.0 Å². The van der Waals surface area contributed by atoms with Crippen LogP contribution >= 0.6 is 0 Å². The molecule has 4 atom stereocenters. The molecular weight excluding hydrogens is 348 g/mol. The maximum absolute atomic E-state index is 10.2. The van der Waals surface area contributed by atoms with E-state index in [-0.39, 0.29) is 12.2 Å². The Hall–Kier alpha value is -2.75. The van der Waals surface area contributed by atoms with Crippen LogP contribution in [0.25, 0.3) is 11.2 Å². The number of fused-ring (bicyclic) bond motifs is 1. The monoisotopic (exact) mass is 370 g/mol. The number of nitrogens with two attached hydrogens (primary N) is 1. The predicted octanol–water partition coefficient (Wildman–Crippen LogP) is 0.0906. The van der Waals surface area contributed by atoms with Crippen molar-refractivity contribution in [3.05, 3.63) is 42.2 Å². The van der Waals surface area contributed by atoms with Crippen molar-refractivity contribution in [2.45, 2.75) is 37.2 Å². The summed E-state index contributed by atoms with van der Waals surface area (Å²) in [6.45, 7) is 0.632. The summed E-state index contributed by atoms with van der Waals surface area (Å²) in [5.41, 5.74) is 8.09. The molecule has 1 aliphatic rings. The van der Waals surface area contributed by atoms with Crippen molar-refractivity contribution in [3.63, 3.8) is 0 Å². The number of rotatable bonds is 5. The van der Waals surface area contributed by atoms with Gasteiger partial charge in [-0.15, -0.1) is 0 Å². The number of nitrogens with one attached hydrogen (secondary N) is 1. The fourth-order valence-electron chi connectivity index (χ4n) is 3.48. The average molecular weight is 370 g/mol. The van der Waals surface area contributed by atoms with E-state index in [9.17, 15) is 15.3 Å². The van der Waals surface area contributed by atoms with Gasteiger partial charge in [0.2, 0.25) is 5.95 Å². The molecule has 27 heavy (non-hydrogen) atoms. The molecule has 2 aromatic heterocycles. The Kier molecular flexibility index (Phi) is 4.65. The minimum atomic E-state index is -1.20. The molecule has 0 radical (unpaired) electrons. The lowest BCUT2D eigenvalue weighted by Gasteiger charge is -2.18. The minimum absolute atomic E-state index is 0.203. The number of nitrogen functional groups attached to an aromatic ring is 1. The Labute approximate surface area is 155 Å². The number of hydrogen-bond acceptors (Lipinski definition) is 8. The minimum Gasteiger partial charge on any atom is -0.390 e. The number of benzene rings is 1. The SMILES string of the molecule is Nc1nc(NCCc2ccccc2)nc2c1ncn2[C@@H]1C[C@H](O)[C@@H](O)[C@H]1O. The third-order valence-electron chi connectivity index (χ3n) is 4.97. The van der Waals surface area contributed by atoms with Crippen molar-refractivity contribution in [2.24, 2.45) is 0 Å². The number of anilines is 2. The largest absolute Gasteiger partial charge is 0.390 e. The van der Waals surface area contributed by atoms with Crippen LogP contribution in [-0.4, -0.2) is 59.7 Å². The first-order valence-corrected chi connectivity index (χ1v) is 8.86. The van der Waals surface area contributed by atoms with E-state index in [0.29, 0.717) is 23.7 Å². The Morgan fingerprint density at radius 2 is 1.89 bits per heavy atom. The van der Waals surface area contributed by atoms with Gasteiger partial charge in [-0.25, -0.2) is 4.98 Å². The van der Waals surface area contributed by atoms with Crippen molar-refractivity contribution >= 4 is 22.9 Å². The second kappa shape index (κ2) is 7.10. The number of nitrogens with zero attached hydrogens (tertiary/aromatic N) is 4. The highest BCUT2D eigenvalue weighted by Gasteiger charge is 2.42. The third-order valence-corrected chi connectivity index (χ3v) is 4.97. The van der Waals surface area contributed by atoms with E-state index < -0.39 is 24.4 Å². The highest BCUT2D eigenvalue weighted by Crippen LogP contribution is 2.33. The van der Waals surface area contributed by atoms with E-state index in [1.165, 1.54) is 11.9 Å². The third kappa shape index (κ3) is 3.32. The van der Waals surface area contributed by atoms with Gasteiger partial charge in [-0.1, -0.05) is 30.3 Å². The van der Waals surface area contributed by atoms with Gasteiger partial charge in [-0.3, -0.25) is 0 Å². The Balaban J connectivity index is 1.57. The van der Waals surface area contributed by atoms with Crippen LogP contribution in [0.15, 0.2) is 36.7 Å². The van der Waals surface area contributed by atoms with E-state index in [4.69, 9.17) is 5.73 Å². The molecule has 142 valence electrons. The fourth-order valence-corrected chi connectivity index (χ4v) is 3.48. The van der Waals surface area contributed by atoms with Crippen LogP contribution in [0.2, 0.25) is 0 Å². The molecule has 4 rings (SSSR count). The zero-order chi connectivity index (χ0) is 19.0. The summed E-state index contributed by atoms with van der Waals surface area (Å²) in [7, 11) is 0. The van der Waals surface area contributed by atoms with Crippen molar-refractivity contribution in [3.8, 4) is 0 Å². The smallest absolute Gasteiger partial charge is 0.226 e. The summed E-state index contributed by atoms with van der Waals surface area (Å²) < 4.78 is 1.64. The molecule has 0 spiro atoms. The van der Waals surface area contributed by atoms with Crippen LogP contribution < -0.4 is 11.1 Å². The fraction of sp³-hybridized carbons (Fsp3) is 0.389. The lowest BCUT2D eigenvalue weighted by atomic mass is 10.1. The van der Waals surface area contributed by atoms with E-state index in [1.54, 1.807) is 4.57 Å². The van der Waals surface area contributed by atoms with Gasteiger partial charge >= 0.3 is 0 Å². The van der Waals surface area contributed by atoms with Gasteiger partial charge in [-0.05, 0) is 18.4 Å². The zero-order valence-electron chi connectivity index (χ0n) is 14.6. The van der Waals surface area contributed by atoms with Crippen molar-refractivity contribution in [1.29, 1.82) is 0 Å². The van der Waals surface area contributed by atoms with Crippen molar-refractivity contribution in [2.75, 3.05) is 17.6 Å². The van der Waals surface area contributed by atoms with Gasteiger partial charge in [0.25, 0.3) is 0 Å². The molecule has 1 aromatic carbocycles. The Morgan fingerprint density at radius 3 is 2.59 bits per heavy atom. The number of imidazole rings is 1. The first-order chi connectivity index (χ1) is 13.0. The van der Waals surface area contributed by atoms with Gasteiger partial charge in [0.1, 0.15) is 17.7 Å². The zero-order valence-corrected chi connectivity index (χ0v) is 14.6. The average Bonchev–Trinajstić information content (AvgIpc) is 3.19. The summed E-state index contributed by atoms with van der Waals surface area (Å²) in [5.74, 6) is 0.598. The quantitative estimate of drug-likeness (QED) is 0.425. The molecule has 0 saturated heterocycles. The first kappa shape index (κ1) is 17.7. The normalized spacial score (nSPS) is 25.1. The summed E-state index contributed by atoms with van der Waals surface area (Å²) in [4.78, 5) is 12.9. The van der Waals surface area contributed by atoms with E-state index >= 15 is 0 Å². The van der Waals surface area contributed by atoms with Crippen LogP contribution in [0.5, 0.6) is 0 Å². The molecule has 9 heteroatoms. The van der Waals surface area contributed by atoms with E-state index in [0.717, 1.165) is 6.42 Å². The van der Waals surface area contributed by atoms with Gasteiger partial charge in [0.05, 0.1) is 18.5 Å². The van der Waals surface area contributed by atoms with Gasteiger partial charge in [0.15, 0.2) is 11.5 Å². The lowest BCUT2D eigenvalue weighted by Crippen LogP contribution is -2.31. The lowest BCUT2D eigenvalue weighted by molar-refractivity contribution is -0.0244. The summed E-state index contributed by atoms with van der Waals surface area (Å²) in [5, 5.41) is 33.0. The standard InChI is InChI=1S/C18H22N6O3/c19-16-13-17(24(9-21-13)11-8-12(25)15(27)14(11)26)23-18(22-16)20-7-6-10-4-2-1-3-5-10/h1-5,9,11-12,14-15,25-27H,6-8H2,(H3,19,20,22,23)/t11-,12+,14+,15-/m1/s1. The van der Waals surface area contributed by atoms with Crippen molar-refractivity contribution in [1.82, 2.24) is 19.5 Å². The first-order valence-electron chi connectivity index (χ1n) is 8.86. The maximum Gasteiger partial charge on any atom is 0.226 e. The van der Waals surface area contributed by atoms with Crippen LogP contribution in [0.4, 0.5) is 11.8 Å². The molecular formula is C18H22N6O3. The van der Waals surface area contributed by atoms with E-state index in [2.05, 4.69) is 20.3 Å². The van der Waals surface area contributed by atoms with Gasteiger partial charge < -0.3 is 30.9 Å². The topological polar surface area (TPSA) is 142 Å². The molecule has 9 nitrogen and oxygen atoms in total. The van der Waals surface area contributed by atoms with Crippen molar-refractivity contribution < 1.29 is 15.3 Å². The number of aliphatic hydroxyl groups excluding tert-OH is 3.